The molecule has 0 fully saturated rings. The summed E-state index contributed by atoms with van der Waals surface area (Å²) in [6, 6.07) is 1.93. The molecule has 0 atom stereocenters. The van der Waals surface area contributed by atoms with Crippen LogP contribution < -0.4 is 0 Å². The molecule has 3 heteroatoms. The van der Waals surface area contributed by atoms with Crippen molar-refractivity contribution in [2.24, 2.45) is 0 Å². The van der Waals surface area contributed by atoms with E-state index in [1.54, 1.807) is 18.0 Å². The molecular weight excluding hydrogens is 156 g/mol. The quantitative estimate of drug-likeness (QED) is 0.631. The zero-order chi connectivity index (χ0) is 7.52. The molecule has 56 valence electrons. The maximum Gasteiger partial charge on any atom is 0.0619 e. The van der Waals surface area contributed by atoms with Crippen LogP contribution in [0, 0.1) is 0 Å². The predicted octanol–water partition coefficient (Wildman–Crippen LogP) is 1.98. The van der Waals surface area contributed by atoms with Crippen molar-refractivity contribution in [1.82, 2.24) is 9.78 Å². The summed E-state index contributed by atoms with van der Waals surface area (Å²) in [6.07, 6.45) is 7.97. The van der Waals surface area contributed by atoms with E-state index in [0.29, 0.717) is 0 Å². The van der Waals surface area contributed by atoms with Crippen LogP contribution >= 0.6 is 11.8 Å². The van der Waals surface area contributed by atoms with Crippen LogP contribution in [0.4, 0.5) is 0 Å². The topological polar surface area (TPSA) is 17.8 Å². The Morgan fingerprint density at radius 1 is 1.55 bits per heavy atom. The fraction of sp³-hybridized carbons (Fsp3) is 0.125. The van der Waals surface area contributed by atoms with Gasteiger partial charge in [0.05, 0.1) is 5.70 Å². The molecule has 1 aliphatic heterocycles. The standard InChI is InChI=1S/C8H8N2S/c1-4-9-10(5-1)8-2-6-11-7-3-8/h1-6H,7H2. The van der Waals surface area contributed by atoms with Crippen LogP contribution in [-0.2, 0) is 0 Å². The van der Waals surface area contributed by atoms with E-state index in [4.69, 9.17) is 0 Å². The number of thioether (sulfide) groups is 1. The Morgan fingerprint density at radius 2 is 2.55 bits per heavy atom. The fourth-order valence-electron chi connectivity index (χ4n) is 0.966. The van der Waals surface area contributed by atoms with E-state index in [2.05, 4.69) is 22.7 Å². The highest BCUT2D eigenvalue weighted by atomic mass is 32.2. The van der Waals surface area contributed by atoms with E-state index in [0.717, 1.165) is 11.4 Å². The van der Waals surface area contributed by atoms with Gasteiger partial charge >= 0.3 is 0 Å². The lowest BCUT2D eigenvalue weighted by molar-refractivity contribution is 0.909. The van der Waals surface area contributed by atoms with Crippen molar-refractivity contribution >= 4 is 17.5 Å². The van der Waals surface area contributed by atoms with Gasteiger partial charge in [-0.15, -0.1) is 11.8 Å². The highest BCUT2D eigenvalue weighted by Gasteiger charge is 1.98. The van der Waals surface area contributed by atoms with E-state index in [-0.39, 0.29) is 0 Å². The van der Waals surface area contributed by atoms with E-state index in [1.165, 1.54) is 0 Å². The van der Waals surface area contributed by atoms with Gasteiger partial charge in [0.15, 0.2) is 0 Å². The second-order valence-electron chi connectivity index (χ2n) is 2.22. The minimum absolute atomic E-state index is 1.05. The third-order valence-corrected chi connectivity index (χ3v) is 2.18. The van der Waals surface area contributed by atoms with Crippen molar-refractivity contribution in [3.05, 3.63) is 36.0 Å². The van der Waals surface area contributed by atoms with Crippen LogP contribution in [-0.4, -0.2) is 15.5 Å². The molecule has 0 saturated heterocycles. The summed E-state index contributed by atoms with van der Waals surface area (Å²) in [4.78, 5) is 0. The molecule has 1 aromatic rings. The first-order valence-electron chi connectivity index (χ1n) is 3.45. The molecule has 0 spiro atoms. The van der Waals surface area contributed by atoms with Crippen LogP contribution in [0.3, 0.4) is 0 Å². The first-order valence-corrected chi connectivity index (χ1v) is 4.50. The van der Waals surface area contributed by atoms with E-state index in [1.807, 2.05) is 16.9 Å². The van der Waals surface area contributed by atoms with Crippen molar-refractivity contribution in [3.63, 3.8) is 0 Å². The molecule has 0 bridgehead atoms. The largest absolute Gasteiger partial charge is 0.241 e. The van der Waals surface area contributed by atoms with Crippen molar-refractivity contribution < 1.29 is 0 Å². The molecule has 0 radical (unpaired) electrons. The molecule has 2 heterocycles. The zero-order valence-corrected chi connectivity index (χ0v) is 6.79. The first-order chi connectivity index (χ1) is 5.47. The number of hydrogen-bond donors (Lipinski definition) is 0. The van der Waals surface area contributed by atoms with Gasteiger partial charge in [-0.25, -0.2) is 4.68 Å². The monoisotopic (exact) mass is 164 g/mol. The molecule has 11 heavy (non-hydrogen) atoms. The molecule has 1 aromatic heterocycles. The van der Waals surface area contributed by atoms with E-state index < -0.39 is 0 Å². The second kappa shape index (κ2) is 2.96. The third-order valence-electron chi connectivity index (χ3n) is 1.49. The Morgan fingerprint density at radius 3 is 3.18 bits per heavy atom. The van der Waals surface area contributed by atoms with Crippen molar-refractivity contribution in [2.75, 3.05) is 5.75 Å². The smallest absolute Gasteiger partial charge is 0.0619 e. The van der Waals surface area contributed by atoms with Gasteiger partial charge in [-0.05, 0) is 23.6 Å². The maximum absolute atomic E-state index is 4.13. The number of hydrogen-bond acceptors (Lipinski definition) is 2. The summed E-state index contributed by atoms with van der Waals surface area (Å²) < 4.78 is 1.87. The minimum Gasteiger partial charge on any atom is -0.241 e. The lowest BCUT2D eigenvalue weighted by atomic mass is 10.4. The zero-order valence-electron chi connectivity index (χ0n) is 5.97. The van der Waals surface area contributed by atoms with Crippen molar-refractivity contribution in [3.8, 4) is 0 Å². The highest BCUT2D eigenvalue weighted by Crippen LogP contribution is 2.16. The number of rotatable bonds is 1. The van der Waals surface area contributed by atoms with E-state index in [9.17, 15) is 0 Å². The molecule has 2 rings (SSSR count). The summed E-state index contributed by atoms with van der Waals surface area (Å²) in [7, 11) is 0. The van der Waals surface area contributed by atoms with Crippen LogP contribution in [0.2, 0.25) is 0 Å². The lowest BCUT2D eigenvalue weighted by Gasteiger charge is -2.05. The Hall–Kier alpha value is -0.960. The fourth-order valence-corrected chi connectivity index (χ4v) is 1.58. The molecule has 2 nitrogen and oxygen atoms in total. The first kappa shape index (κ1) is 6.73. The summed E-state index contributed by atoms with van der Waals surface area (Å²) >= 11 is 1.80. The van der Waals surface area contributed by atoms with Crippen LogP contribution in [0.25, 0.3) is 5.70 Å². The van der Waals surface area contributed by atoms with Gasteiger partial charge in [0.2, 0.25) is 0 Å². The second-order valence-corrected chi connectivity index (χ2v) is 3.15. The Balaban J connectivity index is 2.29. The SMILES string of the molecule is C1=CC(n2cccn2)=CCS1. The number of allylic oxidation sites excluding steroid dienone is 2. The van der Waals surface area contributed by atoms with Gasteiger partial charge < -0.3 is 0 Å². The van der Waals surface area contributed by atoms with Gasteiger partial charge in [0.1, 0.15) is 0 Å². The number of aromatic nitrogens is 2. The summed E-state index contributed by atoms with van der Waals surface area (Å²) in [5, 5.41) is 6.22. The van der Waals surface area contributed by atoms with Crippen LogP contribution in [0.15, 0.2) is 36.0 Å². The Bertz CT molecular complexity index is 285. The molecule has 0 saturated carbocycles. The van der Waals surface area contributed by atoms with Crippen LogP contribution in [0.1, 0.15) is 0 Å². The van der Waals surface area contributed by atoms with Gasteiger partial charge in [-0.1, -0.05) is 0 Å². The molecule has 0 amide bonds. The van der Waals surface area contributed by atoms with Gasteiger partial charge in [-0.2, -0.15) is 5.10 Å². The average Bonchev–Trinajstić information content (AvgIpc) is 2.58. The highest BCUT2D eigenvalue weighted by molar-refractivity contribution is 8.02. The molecular formula is C8H8N2S. The molecule has 1 aliphatic rings. The van der Waals surface area contributed by atoms with Gasteiger partial charge in [0.25, 0.3) is 0 Å². The number of nitrogens with zero attached hydrogens (tertiary/aromatic N) is 2. The minimum atomic E-state index is 1.05. The summed E-state index contributed by atoms with van der Waals surface area (Å²) in [5.74, 6) is 1.05. The third kappa shape index (κ3) is 1.38. The molecule has 0 aliphatic carbocycles. The molecule has 0 N–H and O–H groups in total. The van der Waals surface area contributed by atoms with Gasteiger partial charge in [-0.3, -0.25) is 0 Å². The Labute approximate surface area is 69.6 Å². The lowest BCUT2D eigenvalue weighted by Crippen LogP contribution is -1.96. The average molecular weight is 164 g/mol. The molecule has 0 unspecified atom stereocenters. The molecule has 0 aromatic carbocycles. The van der Waals surface area contributed by atoms with Crippen molar-refractivity contribution in [1.29, 1.82) is 0 Å². The van der Waals surface area contributed by atoms with E-state index >= 15 is 0 Å². The van der Waals surface area contributed by atoms with Crippen molar-refractivity contribution in [2.45, 2.75) is 0 Å². The maximum atomic E-state index is 4.13. The Kier molecular flexibility index (Phi) is 1.81. The van der Waals surface area contributed by atoms with Gasteiger partial charge in [0, 0.05) is 18.1 Å². The summed E-state index contributed by atoms with van der Waals surface area (Å²) in [5.41, 5.74) is 1.16. The summed E-state index contributed by atoms with van der Waals surface area (Å²) in [6.45, 7) is 0. The predicted molar refractivity (Wildman–Crippen MR) is 48.1 cm³/mol. The normalized spacial score (nSPS) is 16.5. The van der Waals surface area contributed by atoms with Crippen LogP contribution in [0.5, 0.6) is 0 Å².